The van der Waals surface area contributed by atoms with Gasteiger partial charge in [-0.15, -0.1) is 0 Å². The van der Waals surface area contributed by atoms with Crippen LogP contribution in [-0.4, -0.2) is 58.2 Å². The smallest absolute Gasteiger partial charge is 0.338 e. The molecule has 7 nitrogen and oxygen atoms in total. The van der Waals surface area contributed by atoms with E-state index in [-0.39, 0.29) is 5.97 Å². The number of carbonyl (C=O) groups excluding carboxylic acids is 1. The van der Waals surface area contributed by atoms with Crippen LogP contribution in [0.5, 0.6) is 0 Å². The second kappa shape index (κ2) is 7.59. The number of benzene rings is 1. The van der Waals surface area contributed by atoms with Gasteiger partial charge in [0.05, 0.1) is 11.8 Å². The minimum absolute atomic E-state index is 0.179. The van der Waals surface area contributed by atoms with Crippen LogP contribution in [0, 0.1) is 12.3 Å². The Balaban J connectivity index is 1.06. The van der Waals surface area contributed by atoms with E-state index in [9.17, 15) is 4.79 Å². The highest BCUT2D eigenvalue weighted by atomic mass is 16.5. The molecule has 3 aromatic rings. The predicted octanol–water partition coefficient (Wildman–Crippen LogP) is 3.24. The second-order valence-electron chi connectivity index (χ2n) is 9.63. The van der Waals surface area contributed by atoms with E-state index in [4.69, 9.17) is 9.72 Å². The zero-order valence-corrected chi connectivity index (χ0v) is 18.6. The molecule has 166 valence electrons. The SMILES string of the molecule is Cc1c(CCN2CCC3(CC2)CCN(c2ccn4nccc4n2)C3)ccc2c1COC2=O. The molecule has 32 heavy (non-hydrogen) atoms. The number of nitrogens with zero attached hydrogens (tertiary/aromatic N) is 5. The Labute approximate surface area is 188 Å². The summed E-state index contributed by atoms with van der Waals surface area (Å²) < 4.78 is 7.02. The molecular formula is C25H29N5O2. The van der Waals surface area contributed by atoms with Gasteiger partial charge in [0.15, 0.2) is 5.65 Å². The van der Waals surface area contributed by atoms with Crippen molar-refractivity contribution in [2.45, 2.75) is 39.2 Å². The van der Waals surface area contributed by atoms with Crippen LogP contribution in [0.15, 0.2) is 36.7 Å². The van der Waals surface area contributed by atoms with Crippen molar-refractivity contribution in [3.63, 3.8) is 0 Å². The van der Waals surface area contributed by atoms with E-state index >= 15 is 0 Å². The maximum absolute atomic E-state index is 11.8. The summed E-state index contributed by atoms with van der Waals surface area (Å²) in [7, 11) is 0. The molecule has 0 unspecified atom stereocenters. The van der Waals surface area contributed by atoms with Crippen LogP contribution < -0.4 is 4.90 Å². The minimum Gasteiger partial charge on any atom is -0.457 e. The quantitative estimate of drug-likeness (QED) is 0.591. The van der Waals surface area contributed by atoms with Crippen LogP contribution in [0.3, 0.4) is 0 Å². The molecule has 0 aliphatic carbocycles. The number of piperidine rings is 1. The average molecular weight is 432 g/mol. The fourth-order valence-corrected chi connectivity index (χ4v) is 5.72. The predicted molar refractivity (Wildman–Crippen MR) is 122 cm³/mol. The van der Waals surface area contributed by atoms with Gasteiger partial charge in [0.1, 0.15) is 12.4 Å². The number of fused-ring (bicyclic) bond motifs is 2. The monoisotopic (exact) mass is 431 g/mol. The molecule has 2 saturated heterocycles. The number of aromatic nitrogens is 3. The first-order valence-electron chi connectivity index (χ1n) is 11.7. The van der Waals surface area contributed by atoms with Crippen molar-refractivity contribution in [2.24, 2.45) is 5.41 Å². The third kappa shape index (κ3) is 3.35. The van der Waals surface area contributed by atoms with Crippen molar-refractivity contribution < 1.29 is 9.53 Å². The van der Waals surface area contributed by atoms with Crippen LogP contribution in [0.1, 0.15) is 46.3 Å². The zero-order chi connectivity index (χ0) is 21.7. The van der Waals surface area contributed by atoms with Crippen molar-refractivity contribution in [3.8, 4) is 0 Å². The molecule has 3 aliphatic heterocycles. The van der Waals surface area contributed by atoms with Crippen LogP contribution in [0.25, 0.3) is 5.65 Å². The first-order chi connectivity index (χ1) is 15.6. The van der Waals surface area contributed by atoms with E-state index in [1.807, 2.05) is 22.8 Å². The highest BCUT2D eigenvalue weighted by molar-refractivity contribution is 5.93. The molecule has 7 heteroatoms. The van der Waals surface area contributed by atoms with Gasteiger partial charge in [-0.2, -0.15) is 5.10 Å². The molecule has 6 rings (SSSR count). The number of anilines is 1. The number of likely N-dealkylation sites (tertiary alicyclic amines) is 1. The van der Waals surface area contributed by atoms with E-state index in [0.717, 1.165) is 61.7 Å². The van der Waals surface area contributed by atoms with Gasteiger partial charge in [0.2, 0.25) is 0 Å². The fraction of sp³-hybridized carbons (Fsp3) is 0.480. The standard InChI is InChI=1S/C25H29N5O2/c1-18-19(2-3-20-21(18)16-32-24(20)31)5-11-28-13-7-25(8-14-28)9-15-29(17-25)22-6-12-30-23(27-22)4-10-26-30/h2-4,6,10,12H,5,7-9,11,13-17H2,1H3. The fourth-order valence-electron chi connectivity index (χ4n) is 5.72. The lowest BCUT2D eigenvalue weighted by Crippen LogP contribution is -2.42. The number of rotatable bonds is 4. The van der Waals surface area contributed by atoms with Crippen molar-refractivity contribution >= 4 is 17.4 Å². The van der Waals surface area contributed by atoms with Crippen molar-refractivity contribution in [1.82, 2.24) is 19.5 Å². The summed E-state index contributed by atoms with van der Waals surface area (Å²) in [6.45, 7) is 8.16. The summed E-state index contributed by atoms with van der Waals surface area (Å²) >= 11 is 0. The molecule has 0 amide bonds. The molecule has 3 aliphatic rings. The highest BCUT2D eigenvalue weighted by Gasteiger charge is 2.41. The summed E-state index contributed by atoms with van der Waals surface area (Å²) in [6.07, 6.45) is 8.60. The summed E-state index contributed by atoms with van der Waals surface area (Å²) in [6, 6.07) is 8.11. The Morgan fingerprint density at radius 3 is 2.81 bits per heavy atom. The van der Waals surface area contributed by atoms with Gasteiger partial charge >= 0.3 is 5.97 Å². The topological polar surface area (TPSA) is 63.0 Å². The van der Waals surface area contributed by atoms with Crippen molar-refractivity contribution in [2.75, 3.05) is 37.6 Å². The molecule has 0 bridgehead atoms. The molecule has 0 saturated carbocycles. The summed E-state index contributed by atoms with van der Waals surface area (Å²) in [5, 5.41) is 4.25. The zero-order valence-electron chi connectivity index (χ0n) is 18.6. The molecule has 0 atom stereocenters. The maximum atomic E-state index is 11.8. The van der Waals surface area contributed by atoms with Gasteiger partial charge in [-0.3, -0.25) is 0 Å². The number of hydrogen-bond donors (Lipinski definition) is 0. The first-order valence-corrected chi connectivity index (χ1v) is 11.7. The molecule has 2 aromatic heterocycles. The lowest BCUT2D eigenvalue weighted by Gasteiger charge is -2.39. The lowest BCUT2D eigenvalue weighted by atomic mass is 9.77. The molecule has 0 N–H and O–H groups in total. The van der Waals surface area contributed by atoms with Crippen LogP contribution in [-0.2, 0) is 17.8 Å². The van der Waals surface area contributed by atoms with E-state index in [0.29, 0.717) is 12.0 Å². The molecule has 1 aromatic carbocycles. The summed E-state index contributed by atoms with van der Waals surface area (Å²) in [4.78, 5) is 21.6. The Bertz CT molecular complexity index is 1180. The van der Waals surface area contributed by atoms with E-state index in [2.05, 4.69) is 34.0 Å². The highest BCUT2D eigenvalue weighted by Crippen LogP contribution is 2.41. The average Bonchev–Trinajstić information content (AvgIpc) is 3.53. The van der Waals surface area contributed by atoms with E-state index in [1.54, 1.807) is 6.20 Å². The van der Waals surface area contributed by atoms with Crippen LogP contribution >= 0.6 is 0 Å². The molecular weight excluding hydrogens is 402 g/mol. The van der Waals surface area contributed by atoms with E-state index < -0.39 is 0 Å². The van der Waals surface area contributed by atoms with Gasteiger partial charge in [0.25, 0.3) is 0 Å². The number of carbonyl (C=O) groups is 1. The van der Waals surface area contributed by atoms with Crippen LogP contribution in [0.4, 0.5) is 5.82 Å². The van der Waals surface area contributed by atoms with Gasteiger partial charge in [-0.25, -0.2) is 14.3 Å². The van der Waals surface area contributed by atoms with Crippen molar-refractivity contribution in [3.05, 3.63) is 58.9 Å². The second-order valence-corrected chi connectivity index (χ2v) is 9.63. The summed E-state index contributed by atoms with van der Waals surface area (Å²) in [5.41, 5.74) is 5.74. The molecule has 0 radical (unpaired) electrons. The normalized spacial score (nSPS) is 20.3. The van der Waals surface area contributed by atoms with Crippen molar-refractivity contribution in [1.29, 1.82) is 0 Å². The third-order valence-corrected chi connectivity index (χ3v) is 7.90. The van der Waals surface area contributed by atoms with Gasteiger partial charge in [-0.05, 0) is 74.4 Å². The van der Waals surface area contributed by atoms with Gasteiger partial charge in [0, 0.05) is 37.5 Å². The summed E-state index contributed by atoms with van der Waals surface area (Å²) in [5.74, 6) is 0.897. The lowest BCUT2D eigenvalue weighted by molar-refractivity contribution is 0.0535. The Hall–Kier alpha value is -2.93. The maximum Gasteiger partial charge on any atom is 0.338 e. The Kier molecular flexibility index (Phi) is 4.68. The molecule has 1 spiro atoms. The number of ether oxygens (including phenoxy) is 1. The number of hydrogen-bond acceptors (Lipinski definition) is 6. The van der Waals surface area contributed by atoms with Crippen LogP contribution in [0.2, 0.25) is 0 Å². The number of esters is 1. The van der Waals surface area contributed by atoms with E-state index in [1.165, 1.54) is 30.4 Å². The molecule has 5 heterocycles. The Morgan fingerprint density at radius 1 is 1.09 bits per heavy atom. The van der Waals surface area contributed by atoms with Gasteiger partial charge in [-0.1, -0.05) is 6.07 Å². The molecule has 2 fully saturated rings. The largest absolute Gasteiger partial charge is 0.457 e. The Morgan fingerprint density at radius 2 is 1.94 bits per heavy atom. The first kappa shape index (κ1) is 19.7. The van der Waals surface area contributed by atoms with Gasteiger partial charge < -0.3 is 14.5 Å². The number of cyclic esters (lactones) is 1. The minimum atomic E-state index is -0.179. The third-order valence-electron chi connectivity index (χ3n) is 7.90.